The number of benzene rings is 2. The number of amides is 1. The first kappa shape index (κ1) is 22.9. The summed E-state index contributed by atoms with van der Waals surface area (Å²) in [5.41, 5.74) is 0.848. The standard InChI is InChI=1S/C23H22ClF2N5O2/c1-31-9-3-4-13(31)5-8-20(32)29-18-10-14-17(11-19(18)33-2)27-12-28-23(14)30-16-7-6-15(25)21(24)22(16)26/h5-8,10-13H,3-4,9H2,1-2H3,(H,29,32)(H,27,28,30). The van der Waals surface area contributed by atoms with Crippen molar-refractivity contribution in [2.75, 3.05) is 31.3 Å². The molecule has 172 valence electrons. The van der Waals surface area contributed by atoms with Crippen molar-refractivity contribution in [3.63, 3.8) is 0 Å². The Balaban J connectivity index is 1.64. The van der Waals surface area contributed by atoms with Crippen LogP contribution in [0, 0.1) is 11.6 Å². The molecule has 7 nitrogen and oxygen atoms in total. The maximum Gasteiger partial charge on any atom is 0.248 e. The van der Waals surface area contributed by atoms with Gasteiger partial charge in [-0.15, -0.1) is 0 Å². The summed E-state index contributed by atoms with van der Waals surface area (Å²) in [6.45, 7) is 1.00. The van der Waals surface area contributed by atoms with E-state index in [0.29, 0.717) is 22.3 Å². The molecule has 0 bridgehead atoms. The van der Waals surface area contributed by atoms with Crippen molar-refractivity contribution in [1.29, 1.82) is 0 Å². The molecule has 0 radical (unpaired) electrons. The number of aromatic nitrogens is 2. The number of hydrogen-bond acceptors (Lipinski definition) is 6. The third kappa shape index (κ3) is 4.89. The normalized spacial score (nSPS) is 16.5. The van der Waals surface area contributed by atoms with E-state index in [1.165, 1.54) is 25.6 Å². The summed E-state index contributed by atoms with van der Waals surface area (Å²) in [5, 5.41) is 5.51. The number of rotatable bonds is 6. The lowest BCUT2D eigenvalue weighted by molar-refractivity contribution is -0.111. The van der Waals surface area contributed by atoms with E-state index in [1.54, 1.807) is 12.1 Å². The number of carbonyl (C=O) groups is 1. The molecule has 33 heavy (non-hydrogen) atoms. The van der Waals surface area contributed by atoms with Crippen LogP contribution in [0.25, 0.3) is 10.9 Å². The van der Waals surface area contributed by atoms with Gasteiger partial charge in [0.15, 0.2) is 5.82 Å². The highest BCUT2D eigenvalue weighted by Gasteiger charge is 2.19. The van der Waals surface area contributed by atoms with E-state index < -0.39 is 16.7 Å². The molecule has 1 amide bonds. The van der Waals surface area contributed by atoms with Crippen LogP contribution in [0.15, 0.2) is 42.7 Å². The Morgan fingerprint density at radius 1 is 1.27 bits per heavy atom. The molecule has 1 aromatic heterocycles. The molecular formula is C23H22ClF2N5O2. The second-order valence-electron chi connectivity index (χ2n) is 7.68. The molecule has 1 atom stereocenters. The van der Waals surface area contributed by atoms with E-state index in [4.69, 9.17) is 16.3 Å². The van der Waals surface area contributed by atoms with E-state index in [2.05, 4.69) is 25.5 Å². The lowest BCUT2D eigenvalue weighted by atomic mass is 10.1. The van der Waals surface area contributed by atoms with Crippen LogP contribution < -0.4 is 15.4 Å². The summed E-state index contributed by atoms with van der Waals surface area (Å²) in [6.07, 6.45) is 6.79. The number of carbonyl (C=O) groups excluding carboxylic acids is 1. The van der Waals surface area contributed by atoms with Gasteiger partial charge in [0.2, 0.25) is 5.91 Å². The molecule has 0 saturated carbocycles. The zero-order chi connectivity index (χ0) is 23.5. The summed E-state index contributed by atoms with van der Waals surface area (Å²) in [6, 6.07) is 5.78. The highest BCUT2D eigenvalue weighted by atomic mass is 35.5. The predicted molar refractivity (Wildman–Crippen MR) is 124 cm³/mol. The first-order chi connectivity index (χ1) is 15.9. The molecule has 4 rings (SSSR count). The van der Waals surface area contributed by atoms with Crippen molar-refractivity contribution in [3.05, 3.63) is 59.4 Å². The Morgan fingerprint density at radius 2 is 2.09 bits per heavy atom. The number of hydrogen-bond donors (Lipinski definition) is 2. The lowest BCUT2D eigenvalue weighted by Gasteiger charge is -2.15. The molecular weight excluding hydrogens is 452 g/mol. The second-order valence-corrected chi connectivity index (χ2v) is 8.06. The van der Waals surface area contributed by atoms with Gasteiger partial charge in [0, 0.05) is 23.6 Å². The highest BCUT2D eigenvalue weighted by Crippen LogP contribution is 2.34. The number of ether oxygens (including phenoxy) is 1. The Bertz CT molecular complexity index is 1240. The topological polar surface area (TPSA) is 79.4 Å². The number of likely N-dealkylation sites (tertiary alicyclic amines) is 1. The van der Waals surface area contributed by atoms with Crippen molar-refractivity contribution in [2.24, 2.45) is 0 Å². The SMILES string of the molecule is COc1cc2ncnc(Nc3ccc(F)c(Cl)c3F)c2cc1NC(=O)C=CC1CCCN1C. The number of methoxy groups -OCH3 is 1. The Hall–Kier alpha value is -3.30. The number of halogens is 3. The van der Waals surface area contributed by atoms with Gasteiger partial charge in [0.25, 0.3) is 0 Å². The van der Waals surface area contributed by atoms with Gasteiger partial charge in [0.05, 0.1) is 24.0 Å². The van der Waals surface area contributed by atoms with Gasteiger partial charge in [-0.25, -0.2) is 18.7 Å². The molecule has 0 spiro atoms. The van der Waals surface area contributed by atoms with E-state index in [1.807, 2.05) is 13.1 Å². The van der Waals surface area contributed by atoms with Gasteiger partial charge in [-0.2, -0.15) is 0 Å². The highest BCUT2D eigenvalue weighted by molar-refractivity contribution is 6.31. The number of nitrogens with zero attached hydrogens (tertiary/aromatic N) is 3. The quantitative estimate of drug-likeness (QED) is 0.391. The van der Waals surface area contributed by atoms with E-state index in [-0.39, 0.29) is 23.5 Å². The molecule has 2 heterocycles. The van der Waals surface area contributed by atoms with Crippen LogP contribution in [0.1, 0.15) is 12.8 Å². The van der Waals surface area contributed by atoms with Crippen LogP contribution in [0.2, 0.25) is 5.02 Å². The van der Waals surface area contributed by atoms with Crippen molar-refractivity contribution in [2.45, 2.75) is 18.9 Å². The van der Waals surface area contributed by atoms with Crippen LogP contribution >= 0.6 is 11.6 Å². The average molecular weight is 474 g/mol. The van der Waals surface area contributed by atoms with Gasteiger partial charge in [0.1, 0.15) is 28.7 Å². The summed E-state index contributed by atoms with van der Waals surface area (Å²) in [4.78, 5) is 23.1. The van der Waals surface area contributed by atoms with Crippen LogP contribution in [0.4, 0.5) is 26.0 Å². The number of fused-ring (bicyclic) bond motifs is 1. The fourth-order valence-corrected chi connectivity index (χ4v) is 3.92. The fourth-order valence-electron chi connectivity index (χ4n) is 3.75. The first-order valence-corrected chi connectivity index (χ1v) is 10.7. The molecule has 10 heteroatoms. The minimum Gasteiger partial charge on any atom is -0.494 e. The Morgan fingerprint density at radius 3 is 2.82 bits per heavy atom. The van der Waals surface area contributed by atoms with Gasteiger partial charge in [-0.3, -0.25) is 9.69 Å². The monoisotopic (exact) mass is 473 g/mol. The Kier molecular flexibility index (Phi) is 6.71. The van der Waals surface area contributed by atoms with Crippen LogP contribution in [-0.2, 0) is 4.79 Å². The van der Waals surface area contributed by atoms with Crippen molar-refractivity contribution < 1.29 is 18.3 Å². The maximum atomic E-state index is 14.4. The molecule has 1 aliphatic rings. The van der Waals surface area contributed by atoms with Crippen LogP contribution in [0.5, 0.6) is 5.75 Å². The number of likely N-dealkylation sites (N-methyl/N-ethyl adjacent to an activating group) is 1. The van der Waals surface area contributed by atoms with Gasteiger partial charge >= 0.3 is 0 Å². The van der Waals surface area contributed by atoms with Gasteiger partial charge < -0.3 is 15.4 Å². The number of anilines is 3. The number of nitrogens with one attached hydrogen (secondary N) is 2. The first-order valence-electron chi connectivity index (χ1n) is 10.3. The Labute approximate surface area is 194 Å². The van der Waals surface area contributed by atoms with Crippen molar-refractivity contribution >= 4 is 45.6 Å². The molecule has 1 fully saturated rings. The summed E-state index contributed by atoms with van der Waals surface area (Å²) in [7, 11) is 3.51. The predicted octanol–water partition coefficient (Wildman–Crippen LogP) is 4.90. The third-order valence-electron chi connectivity index (χ3n) is 5.55. The molecule has 0 aliphatic carbocycles. The summed E-state index contributed by atoms with van der Waals surface area (Å²) >= 11 is 5.68. The van der Waals surface area contributed by atoms with E-state index in [9.17, 15) is 13.6 Å². The van der Waals surface area contributed by atoms with Crippen LogP contribution in [-0.4, -0.2) is 47.5 Å². The van der Waals surface area contributed by atoms with Gasteiger partial charge in [-0.1, -0.05) is 17.7 Å². The molecule has 1 aliphatic heterocycles. The minimum atomic E-state index is -0.938. The molecule has 3 aromatic rings. The van der Waals surface area contributed by atoms with Gasteiger partial charge in [-0.05, 0) is 44.6 Å². The smallest absolute Gasteiger partial charge is 0.248 e. The largest absolute Gasteiger partial charge is 0.494 e. The summed E-state index contributed by atoms with van der Waals surface area (Å²) < 4.78 is 33.3. The molecule has 1 saturated heterocycles. The maximum absolute atomic E-state index is 14.4. The molecule has 2 aromatic carbocycles. The van der Waals surface area contributed by atoms with Crippen LogP contribution in [0.3, 0.4) is 0 Å². The van der Waals surface area contributed by atoms with Crippen molar-refractivity contribution in [3.8, 4) is 5.75 Å². The fraction of sp³-hybridized carbons (Fsp3) is 0.261. The third-order valence-corrected chi connectivity index (χ3v) is 5.90. The minimum absolute atomic E-state index is 0.0496. The van der Waals surface area contributed by atoms with Crippen molar-refractivity contribution in [1.82, 2.24) is 14.9 Å². The lowest BCUT2D eigenvalue weighted by Crippen LogP contribution is -2.23. The average Bonchev–Trinajstić information content (AvgIpc) is 3.22. The zero-order valence-corrected chi connectivity index (χ0v) is 18.8. The van der Waals surface area contributed by atoms with E-state index >= 15 is 0 Å². The molecule has 1 unspecified atom stereocenters. The summed E-state index contributed by atoms with van der Waals surface area (Å²) in [5.74, 6) is -1.45. The van der Waals surface area contributed by atoms with E-state index in [0.717, 1.165) is 25.5 Å². The molecule has 2 N–H and O–H groups in total. The zero-order valence-electron chi connectivity index (χ0n) is 18.0. The second kappa shape index (κ2) is 9.68.